The fourth-order valence-corrected chi connectivity index (χ4v) is 2.88. The van der Waals surface area contributed by atoms with Gasteiger partial charge in [-0.25, -0.2) is 4.39 Å². The van der Waals surface area contributed by atoms with Crippen molar-refractivity contribution in [2.24, 2.45) is 0 Å². The number of fused-ring (bicyclic) bond motifs is 1. The average Bonchev–Trinajstić information content (AvgIpc) is 2.65. The lowest BCUT2D eigenvalue weighted by molar-refractivity contribution is 0.0100. The van der Waals surface area contributed by atoms with Gasteiger partial charge in [-0.1, -0.05) is 52.3 Å². The van der Waals surface area contributed by atoms with Crippen LogP contribution < -0.4 is 0 Å². The molecule has 0 radical (unpaired) electrons. The smallest absolute Gasteiger partial charge is 0.207 e. The van der Waals surface area contributed by atoms with E-state index in [0.717, 1.165) is 4.47 Å². The first-order chi connectivity index (χ1) is 9.52. The number of aliphatic hydroxyl groups excluding tert-OH is 1. The molecule has 0 amide bonds. The van der Waals surface area contributed by atoms with Gasteiger partial charge in [0.05, 0.1) is 0 Å². The van der Waals surface area contributed by atoms with Gasteiger partial charge in [0.15, 0.2) is 0 Å². The molecular weight excluding hydrogens is 323 g/mol. The van der Waals surface area contributed by atoms with Gasteiger partial charge in [-0.3, -0.25) is 4.79 Å². The Kier molecular flexibility index (Phi) is 3.22. The number of hydrogen-bond acceptors (Lipinski definition) is 2. The van der Waals surface area contributed by atoms with Crippen molar-refractivity contribution < 1.29 is 14.3 Å². The van der Waals surface area contributed by atoms with Crippen LogP contribution in [0.15, 0.2) is 53.0 Å². The largest absolute Gasteiger partial charge is 0.385 e. The maximum absolute atomic E-state index is 15.1. The van der Waals surface area contributed by atoms with Crippen molar-refractivity contribution in [1.82, 2.24) is 0 Å². The standard InChI is InChI=1S/C16H12BrFO2/c17-11-7-5-10(6-8-11)9-16(18)14(19)12-3-1-2-4-13(12)15(16)20/h1-8,14,19H,9H2/t14-,16+/m1/s1. The van der Waals surface area contributed by atoms with Crippen LogP contribution in [-0.4, -0.2) is 16.6 Å². The van der Waals surface area contributed by atoms with Crippen molar-refractivity contribution in [3.63, 3.8) is 0 Å². The molecule has 20 heavy (non-hydrogen) atoms. The summed E-state index contributed by atoms with van der Waals surface area (Å²) in [6, 6.07) is 13.6. The molecule has 0 saturated carbocycles. The van der Waals surface area contributed by atoms with Gasteiger partial charge in [0.1, 0.15) is 6.10 Å². The lowest BCUT2D eigenvalue weighted by atomic mass is 9.90. The van der Waals surface area contributed by atoms with Crippen molar-refractivity contribution >= 4 is 21.7 Å². The molecule has 102 valence electrons. The lowest BCUT2D eigenvalue weighted by Crippen LogP contribution is -2.36. The predicted octanol–water partition coefficient (Wildman–Crippen LogP) is 3.63. The Bertz CT molecular complexity index is 668. The molecule has 0 spiro atoms. The fraction of sp³-hybridized carbons (Fsp3) is 0.188. The van der Waals surface area contributed by atoms with Crippen LogP contribution >= 0.6 is 15.9 Å². The van der Waals surface area contributed by atoms with E-state index in [1.807, 2.05) is 0 Å². The number of halogens is 2. The molecule has 2 aromatic carbocycles. The molecule has 2 atom stereocenters. The Morgan fingerprint density at radius 1 is 1.15 bits per heavy atom. The third-order valence-electron chi connectivity index (χ3n) is 3.69. The predicted molar refractivity (Wildman–Crippen MR) is 77.4 cm³/mol. The molecular formula is C16H12BrFO2. The number of aliphatic hydroxyl groups is 1. The van der Waals surface area contributed by atoms with Crippen LogP contribution in [0, 0.1) is 0 Å². The highest BCUT2D eigenvalue weighted by molar-refractivity contribution is 9.10. The number of ketones is 1. The van der Waals surface area contributed by atoms with E-state index in [-0.39, 0.29) is 12.0 Å². The minimum Gasteiger partial charge on any atom is -0.385 e. The Hall–Kier alpha value is -1.52. The van der Waals surface area contributed by atoms with Crippen molar-refractivity contribution in [1.29, 1.82) is 0 Å². The first kappa shape index (κ1) is 13.5. The molecule has 3 rings (SSSR count). The first-order valence-corrected chi connectivity index (χ1v) is 7.07. The summed E-state index contributed by atoms with van der Waals surface area (Å²) < 4.78 is 16.0. The first-order valence-electron chi connectivity index (χ1n) is 6.27. The van der Waals surface area contributed by atoms with Crippen LogP contribution in [-0.2, 0) is 6.42 Å². The van der Waals surface area contributed by atoms with Gasteiger partial charge in [-0.15, -0.1) is 0 Å². The quantitative estimate of drug-likeness (QED) is 0.910. The summed E-state index contributed by atoms with van der Waals surface area (Å²) in [7, 11) is 0. The Labute approximate surface area is 124 Å². The summed E-state index contributed by atoms with van der Waals surface area (Å²) in [5.74, 6) is -0.636. The van der Waals surface area contributed by atoms with E-state index in [1.54, 1.807) is 48.5 Å². The van der Waals surface area contributed by atoms with Gasteiger partial charge in [-0.2, -0.15) is 0 Å². The number of carbonyl (C=O) groups excluding carboxylic acids is 1. The summed E-state index contributed by atoms with van der Waals surface area (Å²) in [6.07, 6.45) is -1.54. The second-order valence-electron chi connectivity index (χ2n) is 4.98. The zero-order chi connectivity index (χ0) is 14.3. The molecule has 0 aromatic heterocycles. The van der Waals surface area contributed by atoms with Gasteiger partial charge in [0, 0.05) is 16.5 Å². The monoisotopic (exact) mass is 334 g/mol. The summed E-state index contributed by atoms with van der Waals surface area (Å²) >= 11 is 3.31. The highest BCUT2D eigenvalue weighted by Crippen LogP contribution is 2.43. The van der Waals surface area contributed by atoms with E-state index < -0.39 is 17.6 Å². The maximum Gasteiger partial charge on any atom is 0.207 e. The van der Waals surface area contributed by atoms with Gasteiger partial charge in [0.25, 0.3) is 0 Å². The summed E-state index contributed by atoms with van der Waals surface area (Å²) in [6.45, 7) is 0. The highest BCUT2D eigenvalue weighted by atomic mass is 79.9. The van der Waals surface area contributed by atoms with E-state index in [9.17, 15) is 9.90 Å². The molecule has 4 heteroatoms. The summed E-state index contributed by atoms with van der Waals surface area (Å²) in [5, 5.41) is 10.2. The summed E-state index contributed by atoms with van der Waals surface area (Å²) in [5.41, 5.74) is -0.954. The van der Waals surface area contributed by atoms with Gasteiger partial charge >= 0.3 is 0 Å². The van der Waals surface area contributed by atoms with Crippen LogP contribution in [0.5, 0.6) is 0 Å². The van der Waals surface area contributed by atoms with Gasteiger partial charge < -0.3 is 5.11 Å². The van der Waals surface area contributed by atoms with E-state index in [4.69, 9.17) is 0 Å². The Balaban J connectivity index is 1.97. The topological polar surface area (TPSA) is 37.3 Å². The molecule has 0 bridgehead atoms. The molecule has 2 aromatic rings. The number of hydrogen-bond donors (Lipinski definition) is 1. The minimum absolute atomic E-state index is 0.130. The van der Waals surface area contributed by atoms with Crippen molar-refractivity contribution in [3.8, 4) is 0 Å². The third kappa shape index (κ3) is 2.00. The molecule has 2 nitrogen and oxygen atoms in total. The SMILES string of the molecule is O=C1c2ccccc2[C@@H](O)[C@@]1(F)Cc1ccc(Br)cc1. The number of rotatable bonds is 2. The zero-order valence-electron chi connectivity index (χ0n) is 10.5. The Morgan fingerprint density at radius 2 is 1.80 bits per heavy atom. The minimum atomic E-state index is -2.28. The van der Waals surface area contributed by atoms with Crippen LogP contribution in [0.1, 0.15) is 27.6 Å². The van der Waals surface area contributed by atoms with Crippen molar-refractivity contribution in [3.05, 3.63) is 69.7 Å². The summed E-state index contributed by atoms with van der Waals surface area (Å²) in [4.78, 5) is 12.3. The van der Waals surface area contributed by atoms with Gasteiger partial charge in [-0.05, 0) is 23.3 Å². The number of alkyl halides is 1. The third-order valence-corrected chi connectivity index (χ3v) is 4.21. The van der Waals surface area contributed by atoms with E-state index in [0.29, 0.717) is 11.1 Å². The van der Waals surface area contributed by atoms with Crippen LogP contribution in [0.4, 0.5) is 4.39 Å². The number of carbonyl (C=O) groups is 1. The van der Waals surface area contributed by atoms with Crippen molar-refractivity contribution in [2.75, 3.05) is 0 Å². The van der Waals surface area contributed by atoms with E-state index in [2.05, 4.69) is 15.9 Å². The molecule has 0 heterocycles. The molecule has 0 saturated heterocycles. The molecule has 0 aliphatic heterocycles. The molecule has 0 unspecified atom stereocenters. The molecule has 1 aliphatic carbocycles. The molecule has 1 N–H and O–H groups in total. The lowest BCUT2D eigenvalue weighted by Gasteiger charge is -2.22. The van der Waals surface area contributed by atoms with Gasteiger partial charge in [0.2, 0.25) is 11.5 Å². The molecule has 0 fully saturated rings. The normalized spacial score (nSPS) is 24.8. The highest BCUT2D eigenvalue weighted by Gasteiger charge is 2.53. The fourth-order valence-electron chi connectivity index (χ4n) is 2.61. The van der Waals surface area contributed by atoms with Crippen LogP contribution in [0.2, 0.25) is 0 Å². The second-order valence-corrected chi connectivity index (χ2v) is 5.90. The zero-order valence-corrected chi connectivity index (χ0v) is 12.1. The number of benzene rings is 2. The number of Topliss-reactive ketones (excluding diaryl/α,β-unsaturated/α-hetero) is 1. The van der Waals surface area contributed by atoms with Crippen LogP contribution in [0.3, 0.4) is 0 Å². The average molecular weight is 335 g/mol. The Morgan fingerprint density at radius 3 is 2.45 bits per heavy atom. The maximum atomic E-state index is 15.1. The van der Waals surface area contributed by atoms with Crippen molar-refractivity contribution in [2.45, 2.75) is 18.2 Å². The van der Waals surface area contributed by atoms with Crippen LogP contribution in [0.25, 0.3) is 0 Å². The second kappa shape index (κ2) is 4.79. The van der Waals surface area contributed by atoms with E-state index in [1.165, 1.54) is 0 Å². The van der Waals surface area contributed by atoms with E-state index >= 15 is 4.39 Å². The molecule has 1 aliphatic rings.